The molecule has 0 heterocycles. The van der Waals surface area contributed by atoms with Gasteiger partial charge in [-0.1, -0.05) is 6.07 Å². The van der Waals surface area contributed by atoms with Gasteiger partial charge < -0.3 is 9.84 Å². The number of benzene rings is 1. The summed E-state index contributed by atoms with van der Waals surface area (Å²) in [7, 11) is 1.26. The second kappa shape index (κ2) is 4.34. The third kappa shape index (κ3) is 2.03. The van der Waals surface area contributed by atoms with Gasteiger partial charge in [-0.05, 0) is 24.5 Å². The molecule has 0 atom stereocenters. The summed E-state index contributed by atoms with van der Waals surface area (Å²) in [5, 5.41) is 19.7. The van der Waals surface area contributed by atoms with Crippen molar-refractivity contribution in [2.75, 3.05) is 7.11 Å². The van der Waals surface area contributed by atoms with Crippen LogP contribution in [0.15, 0.2) is 18.2 Å². The Morgan fingerprint density at radius 2 is 2.05 bits per heavy atom. The number of carboxylic acids is 1. The molecule has 19 heavy (non-hydrogen) atoms. The summed E-state index contributed by atoms with van der Waals surface area (Å²) in [6.45, 7) is 0. The lowest BCUT2D eigenvalue weighted by atomic mass is 9.93. The maximum Gasteiger partial charge on any atom is 0.342 e. The molecule has 1 aliphatic carbocycles. The molecule has 0 saturated heterocycles. The number of hydrogen-bond donors (Lipinski definition) is 1. The molecule has 0 unspecified atom stereocenters. The Labute approximate surface area is 107 Å². The van der Waals surface area contributed by atoms with Gasteiger partial charge in [-0.15, -0.1) is 0 Å². The summed E-state index contributed by atoms with van der Waals surface area (Å²) in [6.07, 6.45) is 1.10. The first kappa shape index (κ1) is 13.0. The number of ether oxygens (including phenoxy) is 1. The second-order valence-electron chi connectivity index (χ2n) is 4.37. The van der Waals surface area contributed by atoms with Gasteiger partial charge >= 0.3 is 11.9 Å². The first-order valence-corrected chi connectivity index (χ1v) is 5.53. The largest absolute Gasteiger partial charge is 0.477 e. The predicted molar refractivity (Wildman–Crippen MR) is 63.0 cm³/mol. The van der Waals surface area contributed by atoms with Gasteiger partial charge in [-0.2, -0.15) is 0 Å². The summed E-state index contributed by atoms with van der Waals surface area (Å²) < 4.78 is 4.69. The zero-order valence-electron chi connectivity index (χ0n) is 10.1. The molecule has 0 aromatic heterocycles. The number of carbonyl (C=O) groups excluding carboxylic acids is 1. The average Bonchev–Trinajstić information content (AvgIpc) is 3.18. The molecule has 2 rings (SSSR count). The van der Waals surface area contributed by atoms with Crippen LogP contribution in [0, 0.1) is 10.1 Å². The standard InChI is InChI=1S/C12H11NO6/c1-19-11(16)12(4-5-12)7-2-3-9(13(17)18)8(6-7)10(14)15/h2-3,6H,4-5H2,1H3,(H,14,15). The number of aromatic carboxylic acids is 1. The fraction of sp³-hybridized carbons (Fsp3) is 0.333. The van der Waals surface area contributed by atoms with E-state index in [4.69, 9.17) is 5.11 Å². The Bertz CT molecular complexity index is 576. The number of nitro benzene ring substituents is 1. The molecule has 1 aromatic rings. The van der Waals surface area contributed by atoms with Crippen LogP contribution in [0.3, 0.4) is 0 Å². The van der Waals surface area contributed by atoms with E-state index >= 15 is 0 Å². The highest BCUT2D eigenvalue weighted by Crippen LogP contribution is 2.49. The molecule has 7 heteroatoms. The Kier molecular flexibility index (Phi) is 2.97. The molecule has 1 saturated carbocycles. The fourth-order valence-corrected chi connectivity index (χ4v) is 2.10. The zero-order valence-corrected chi connectivity index (χ0v) is 10.1. The van der Waals surface area contributed by atoms with Gasteiger partial charge in [0.15, 0.2) is 0 Å². The number of hydrogen-bond acceptors (Lipinski definition) is 5. The topological polar surface area (TPSA) is 107 Å². The molecule has 0 spiro atoms. The van der Waals surface area contributed by atoms with Crippen LogP contribution in [-0.4, -0.2) is 29.1 Å². The molecule has 0 amide bonds. The minimum absolute atomic E-state index is 0.419. The van der Waals surface area contributed by atoms with Gasteiger partial charge in [0, 0.05) is 6.07 Å². The lowest BCUT2D eigenvalue weighted by Crippen LogP contribution is -2.22. The number of nitro groups is 1. The lowest BCUT2D eigenvalue weighted by Gasteiger charge is -2.13. The number of carboxylic acid groups (broad SMARTS) is 1. The third-order valence-electron chi connectivity index (χ3n) is 3.30. The Hall–Kier alpha value is -2.44. The molecule has 1 fully saturated rings. The van der Waals surface area contributed by atoms with Gasteiger partial charge in [-0.25, -0.2) is 4.79 Å². The van der Waals surface area contributed by atoms with Crippen molar-refractivity contribution in [1.82, 2.24) is 0 Å². The van der Waals surface area contributed by atoms with Crippen molar-refractivity contribution in [1.29, 1.82) is 0 Å². The predicted octanol–water partition coefficient (Wildman–Crippen LogP) is 1.50. The monoisotopic (exact) mass is 265 g/mol. The molecule has 0 radical (unpaired) electrons. The minimum atomic E-state index is -1.39. The summed E-state index contributed by atoms with van der Waals surface area (Å²) in [5.41, 5.74) is -1.30. The number of nitrogens with zero attached hydrogens (tertiary/aromatic N) is 1. The van der Waals surface area contributed by atoms with E-state index < -0.39 is 33.5 Å². The highest BCUT2D eigenvalue weighted by molar-refractivity contribution is 5.94. The van der Waals surface area contributed by atoms with Crippen molar-refractivity contribution in [3.05, 3.63) is 39.4 Å². The van der Waals surface area contributed by atoms with Gasteiger partial charge in [-0.3, -0.25) is 14.9 Å². The van der Waals surface area contributed by atoms with Crippen molar-refractivity contribution in [3.63, 3.8) is 0 Å². The van der Waals surface area contributed by atoms with E-state index in [2.05, 4.69) is 4.74 Å². The quantitative estimate of drug-likeness (QED) is 0.502. The molecule has 7 nitrogen and oxygen atoms in total. The Morgan fingerprint density at radius 1 is 1.42 bits per heavy atom. The molecular weight excluding hydrogens is 254 g/mol. The average molecular weight is 265 g/mol. The van der Waals surface area contributed by atoms with E-state index in [1.54, 1.807) is 0 Å². The Balaban J connectivity index is 2.51. The summed E-state index contributed by atoms with van der Waals surface area (Å²) in [6, 6.07) is 3.71. The van der Waals surface area contributed by atoms with E-state index in [1.807, 2.05) is 0 Å². The van der Waals surface area contributed by atoms with Crippen LogP contribution in [0.4, 0.5) is 5.69 Å². The lowest BCUT2D eigenvalue weighted by molar-refractivity contribution is -0.385. The second-order valence-corrected chi connectivity index (χ2v) is 4.37. The first-order valence-electron chi connectivity index (χ1n) is 5.53. The van der Waals surface area contributed by atoms with Crippen LogP contribution < -0.4 is 0 Å². The normalized spacial score (nSPS) is 15.6. The molecule has 1 aromatic carbocycles. The smallest absolute Gasteiger partial charge is 0.342 e. The minimum Gasteiger partial charge on any atom is -0.477 e. The van der Waals surface area contributed by atoms with E-state index in [9.17, 15) is 19.7 Å². The van der Waals surface area contributed by atoms with Gasteiger partial charge in [0.1, 0.15) is 5.56 Å². The summed E-state index contributed by atoms with van der Waals surface area (Å²) in [5.74, 6) is -1.84. The molecule has 1 N–H and O–H groups in total. The Morgan fingerprint density at radius 3 is 2.47 bits per heavy atom. The van der Waals surface area contributed by atoms with E-state index in [0.717, 1.165) is 6.07 Å². The molecule has 1 aliphatic rings. The van der Waals surface area contributed by atoms with Crippen LogP contribution in [0.25, 0.3) is 0 Å². The fourth-order valence-electron chi connectivity index (χ4n) is 2.10. The number of carbonyl (C=O) groups is 2. The summed E-state index contributed by atoms with van der Waals surface area (Å²) >= 11 is 0. The van der Waals surface area contributed by atoms with Gasteiger partial charge in [0.25, 0.3) is 5.69 Å². The molecular formula is C12H11NO6. The maximum atomic E-state index is 11.7. The number of methoxy groups -OCH3 is 1. The third-order valence-corrected chi connectivity index (χ3v) is 3.30. The molecule has 0 aliphatic heterocycles. The van der Waals surface area contributed by atoms with Crippen LogP contribution in [0.5, 0.6) is 0 Å². The van der Waals surface area contributed by atoms with Crippen molar-refractivity contribution in [2.24, 2.45) is 0 Å². The van der Waals surface area contributed by atoms with Gasteiger partial charge in [0.05, 0.1) is 17.4 Å². The van der Waals surface area contributed by atoms with E-state index in [-0.39, 0.29) is 0 Å². The summed E-state index contributed by atoms with van der Waals surface area (Å²) in [4.78, 5) is 32.7. The van der Waals surface area contributed by atoms with E-state index in [0.29, 0.717) is 18.4 Å². The van der Waals surface area contributed by atoms with Crippen molar-refractivity contribution in [3.8, 4) is 0 Å². The SMILES string of the molecule is COC(=O)C1(c2ccc([N+](=O)[O-])c(C(=O)O)c2)CC1. The highest BCUT2D eigenvalue weighted by atomic mass is 16.6. The van der Waals surface area contributed by atoms with Crippen molar-refractivity contribution < 1.29 is 24.4 Å². The van der Waals surface area contributed by atoms with E-state index in [1.165, 1.54) is 19.2 Å². The maximum absolute atomic E-state index is 11.7. The van der Waals surface area contributed by atoms with Crippen LogP contribution >= 0.6 is 0 Å². The highest BCUT2D eigenvalue weighted by Gasteiger charge is 2.53. The van der Waals surface area contributed by atoms with Crippen LogP contribution in [0.2, 0.25) is 0 Å². The number of esters is 1. The van der Waals surface area contributed by atoms with Crippen LogP contribution in [-0.2, 0) is 14.9 Å². The number of rotatable bonds is 4. The van der Waals surface area contributed by atoms with Crippen LogP contribution in [0.1, 0.15) is 28.8 Å². The molecule has 100 valence electrons. The van der Waals surface area contributed by atoms with Gasteiger partial charge in [0.2, 0.25) is 0 Å². The first-order chi connectivity index (χ1) is 8.92. The van der Waals surface area contributed by atoms with Crippen molar-refractivity contribution in [2.45, 2.75) is 18.3 Å². The molecule has 0 bridgehead atoms. The zero-order chi connectivity index (χ0) is 14.2. The van der Waals surface area contributed by atoms with Crippen molar-refractivity contribution >= 4 is 17.6 Å².